The minimum Gasteiger partial charge on any atom is -0.393 e. The fourth-order valence-electron chi connectivity index (χ4n) is 5.35. The number of nitrogens with one attached hydrogen (secondary N) is 1. The van der Waals surface area contributed by atoms with Crippen molar-refractivity contribution in [1.82, 2.24) is 9.03 Å². The lowest BCUT2D eigenvalue weighted by Crippen LogP contribution is -2.78. The van der Waals surface area contributed by atoms with Crippen LogP contribution in [0.15, 0.2) is 0 Å². The Morgan fingerprint density at radius 3 is 2.00 bits per heavy atom. The van der Waals surface area contributed by atoms with Crippen molar-refractivity contribution in [3.63, 3.8) is 0 Å². The largest absolute Gasteiger partial charge is 0.393 e. The van der Waals surface area contributed by atoms with Crippen molar-refractivity contribution in [2.24, 2.45) is 0 Å². The molecule has 0 bridgehead atoms. The Labute approximate surface area is 243 Å². The van der Waals surface area contributed by atoms with Crippen molar-refractivity contribution in [2.45, 2.75) is 75.5 Å². The van der Waals surface area contributed by atoms with Crippen LogP contribution in [0.3, 0.4) is 0 Å². The third-order valence-electron chi connectivity index (χ3n) is 7.11. The highest BCUT2D eigenvalue weighted by molar-refractivity contribution is 7.90. The van der Waals surface area contributed by atoms with Gasteiger partial charge >= 0.3 is 0 Å². The number of rotatable bonds is 15. The van der Waals surface area contributed by atoms with Gasteiger partial charge in [-0.25, -0.2) is 34.3 Å². The molecule has 0 aliphatic carbocycles. The lowest BCUT2D eigenvalue weighted by Gasteiger charge is -2.60. The number of sulfone groups is 1. The van der Waals surface area contributed by atoms with Gasteiger partial charge in [0.25, 0.3) is 0 Å². The molecule has 1 radical (unpaired) electrons. The molecule has 6 unspecified atom stereocenters. The third-order valence-corrected chi connectivity index (χ3v) is 10.1. The minimum atomic E-state index is -3.55. The van der Waals surface area contributed by atoms with Gasteiger partial charge in [0.15, 0.2) is 5.60 Å². The molecule has 0 aromatic carbocycles. The van der Waals surface area contributed by atoms with Crippen molar-refractivity contribution < 1.29 is 59.5 Å². The van der Waals surface area contributed by atoms with Crippen LogP contribution in [0.2, 0.25) is 0 Å². The monoisotopic (exact) mass is 653 g/mol. The highest BCUT2D eigenvalue weighted by Crippen LogP contribution is 2.51. The number of piperidine rings is 1. The summed E-state index contributed by atoms with van der Waals surface area (Å²) in [6.45, 7) is 3.21. The van der Waals surface area contributed by atoms with Gasteiger partial charge in [-0.2, -0.15) is 0 Å². The summed E-state index contributed by atoms with van der Waals surface area (Å²) in [5, 5.41) is 33.5. The zero-order valence-corrected chi connectivity index (χ0v) is 26.8. The molecular formula is C23H45N2O13S3. The standard InChI is InChI=1S/C23H45N2O13S3/c1-16(26)21-20(35-12-9-24-40(5,31)32)15-37-23(18(3)28,22(21,17(2)27)36-13-14-39(4,29)30)38-19-7-10-25(11-8-19)41(6,33)34/h16-20,24,26-28H,7-15H2,1-6H3. The van der Waals surface area contributed by atoms with E-state index in [0.717, 1.165) is 18.8 Å². The summed E-state index contributed by atoms with van der Waals surface area (Å²) in [4.78, 5) is 0. The van der Waals surface area contributed by atoms with E-state index in [2.05, 4.69) is 4.72 Å². The molecule has 0 amide bonds. The van der Waals surface area contributed by atoms with E-state index in [1.165, 1.54) is 25.1 Å². The Morgan fingerprint density at radius 1 is 0.976 bits per heavy atom. The third kappa shape index (κ3) is 9.24. The van der Waals surface area contributed by atoms with Gasteiger partial charge in [0.1, 0.15) is 15.9 Å². The van der Waals surface area contributed by atoms with Crippen LogP contribution in [0.4, 0.5) is 0 Å². The SMILES string of the molecule is CC(O)[C]1C(OCCNS(C)(=O)=O)COC(OC2CCN(S(C)(=O)=O)CC2)(C(C)O)C1(OCCS(C)(=O)=O)C(C)O. The van der Waals surface area contributed by atoms with E-state index in [-0.39, 0.29) is 51.6 Å². The van der Waals surface area contributed by atoms with Crippen molar-refractivity contribution >= 4 is 29.9 Å². The van der Waals surface area contributed by atoms with E-state index in [0.29, 0.717) is 0 Å². The van der Waals surface area contributed by atoms with E-state index in [1.807, 2.05) is 0 Å². The summed E-state index contributed by atoms with van der Waals surface area (Å²) in [5.41, 5.74) is -2.18. The van der Waals surface area contributed by atoms with Crippen molar-refractivity contribution in [2.75, 3.05) is 64.0 Å². The number of sulfonamides is 2. The second kappa shape index (κ2) is 14.1. The van der Waals surface area contributed by atoms with E-state index in [9.17, 15) is 40.6 Å². The summed E-state index contributed by atoms with van der Waals surface area (Å²) in [6.07, 6.45) is -2.73. The molecule has 2 heterocycles. The van der Waals surface area contributed by atoms with Crippen molar-refractivity contribution in [1.29, 1.82) is 0 Å². The zero-order chi connectivity index (χ0) is 31.4. The maximum absolute atomic E-state index is 12.0. The molecule has 2 aliphatic heterocycles. The van der Waals surface area contributed by atoms with Crippen molar-refractivity contribution in [3.8, 4) is 0 Å². The summed E-state index contributed by atoms with van der Waals surface area (Å²) in [7, 11) is -10.5. The van der Waals surface area contributed by atoms with Gasteiger partial charge in [0, 0.05) is 25.9 Å². The molecule has 0 saturated carbocycles. The molecule has 15 nitrogen and oxygen atoms in total. The van der Waals surface area contributed by atoms with Crippen LogP contribution in [0.5, 0.6) is 0 Å². The first-order valence-corrected chi connectivity index (χ1v) is 19.0. The van der Waals surface area contributed by atoms with Crippen LogP contribution in [-0.2, 0) is 48.8 Å². The molecule has 0 spiro atoms. The van der Waals surface area contributed by atoms with Crippen LogP contribution in [0.25, 0.3) is 0 Å². The molecule has 2 saturated heterocycles. The summed E-state index contributed by atoms with van der Waals surface area (Å²) in [6, 6.07) is 0. The Morgan fingerprint density at radius 2 is 1.56 bits per heavy atom. The Bertz CT molecular complexity index is 1170. The Hall–Kier alpha value is -0.510. The Kier molecular flexibility index (Phi) is 12.6. The molecule has 41 heavy (non-hydrogen) atoms. The first-order valence-electron chi connectivity index (χ1n) is 13.2. The normalized spacial score (nSPS) is 30.2. The summed E-state index contributed by atoms with van der Waals surface area (Å²) >= 11 is 0. The molecule has 0 aromatic heterocycles. The average molecular weight is 654 g/mol. The molecule has 6 atom stereocenters. The minimum absolute atomic E-state index is 0.000999. The quantitative estimate of drug-likeness (QED) is 0.136. The summed E-state index contributed by atoms with van der Waals surface area (Å²) < 4.78 is 98.9. The van der Waals surface area contributed by atoms with Gasteiger partial charge in [-0.15, -0.1) is 0 Å². The lowest BCUT2D eigenvalue weighted by molar-refractivity contribution is -0.409. The van der Waals surface area contributed by atoms with Crippen LogP contribution in [0.1, 0.15) is 33.6 Å². The number of aliphatic hydroxyl groups is 3. The first kappa shape index (κ1) is 36.7. The lowest BCUT2D eigenvalue weighted by atomic mass is 9.67. The second-order valence-electron chi connectivity index (χ2n) is 10.7. The smallest absolute Gasteiger partial charge is 0.228 e. The fraction of sp³-hybridized carbons (Fsp3) is 0.957. The molecular weight excluding hydrogens is 608 g/mol. The van der Waals surface area contributed by atoms with E-state index in [4.69, 9.17) is 18.9 Å². The molecule has 2 fully saturated rings. The van der Waals surface area contributed by atoms with Gasteiger partial charge in [0.2, 0.25) is 25.8 Å². The topological polar surface area (TPSA) is 215 Å². The number of aliphatic hydroxyl groups excluding tert-OH is 3. The molecule has 2 rings (SSSR count). The predicted octanol–water partition coefficient (Wildman–Crippen LogP) is -2.40. The second-order valence-corrected chi connectivity index (χ2v) is 16.8. The van der Waals surface area contributed by atoms with Gasteiger partial charge in [-0.05, 0) is 33.6 Å². The molecule has 4 N–H and O–H groups in total. The number of ether oxygens (including phenoxy) is 4. The van der Waals surface area contributed by atoms with E-state index >= 15 is 0 Å². The van der Waals surface area contributed by atoms with Crippen LogP contribution in [0, 0.1) is 5.92 Å². The van der Waals surface area contributed by atoms with Gasteiger partial charge in [-0.1, -0.05) is 0 Å². The highest BCUT2D eigenvalue weighted by atomic mass is 32.2. The Balaban J connectivity index is 2.54. The highest BCUT2D eigenvalue weighted by Gasteiger charge is 2.71. The molecule has 18 heteroatoms. The fourth-order valence-corrected chi connectivity index (χ4v) is 7.07. The predicted molar refractivity (Wildman–Crippen MR) is 148 cm³/mol. The van der Waals surface area contributed by atoms with Crippen LogP contribution in [-0.4, -0.2) is 151 Å². The van der Waals surface area contributed by atoms with E-state index in [1.54, 1.807) is 0 Å². The molecule has 0 aromatic rings. The van der Waals surface area contributed by atoms with Gasteiger partial charge in [0.05, 0.1) is 68.4 Å². The first-order chi connectivity index (χ1) is 18.7. The number of hydrogen-bond donors (Lipinski definition) is 4. The van der Waals surface area contributed by atoms with E-state index < -0.39 is 84.2 Å². The van der Waals surface area contributed by atoms with Crippen molar-refractivity contribution in [3.05, 3.63) is 5.92 Å². The zero-order valence-electron chi connectivity index (χ0n) is 24.3. The summed E-state index contributed by atoms with van der Waals surface area (Å²) in [5.74, 6) is -2.66. The average Bonchev–Trinajstić information content (AvgIpc) is 2.80. The van der Waals surface area contributed by atoms with Gasteiger partial charge in [-0.3, -0.25) is 0 Å². The number of nitrogens with zero attached hydrogens (tertiary/aromatic N) is 1. The van der Waals surface area contributed by atoms with Gasteiger partial charge < -0.3 is 34.3 Å². The molecule has 2 aliphatic rings. The maximum Gasteiger partial charge on any atom is 0.228 e. The number of hydrogen-bond acceptors (Lipinski definition) is 13. The van der Waals surface area contributed by atoms with Crippen LogP contribution < -0.4 is 4.72 Å². The molecule has 243 valence electrons. The van der Waals surface area contributed by atoms with Crippen LogP contribution >= 0.6 is 0 Å². The maximum atomic E-state index is 12.0.